The molecule has 1 atom stereocenters. The Bertz CT molecular complexity index is 45.4. The Balaban J connectivity index is 0. The molecular weight excluding hydrogens is 115 g/mol. The van der Waals surface area contributed by atoms with Crippen LogP contribution in [0.25, 0.3) is 0 Å². The summed E-state index contributed by atoms with van der Waals surface area (Å²) in [7, 11) is 1.07. The minimum atomic E-state index is -1.35. The van der Waals surface area contributed by atoms with Gasteiger partial charge in [0.05, 0.1) is 7.11 Å². The van der Waals surface area contributed by atoms with Gasteiger partial charge in [0, 0.05) is 7.11 Å². The van der Waals surface area contributed by atoms with Crippen molar-refractivity contribution in [1.29, 1.82) is 0 Å². The summed E-state index contributed by atoms with van der Waals surface area (Å²) in [6.07, 6.45) is 0. The highest BCUT2D eigenvalue weighted by Crippen LogP contribution is 2.10. The Morgan fingerprint density at radius 2 is 1.71 bits per heavy atom. The van der Waals surface area contributed by atoms with E-state index in [1.807, 2.05) is 0 Å². The Morgan fingerprint density at radius 3 is 1.71 bits per heavy atom. The molecule has 44 valence electrons. The second kappa shape index (κ2) is 9.39. The van der Waals surface area contributed by atoms with Gasteiger partial charge in [0.15, 0.2) is 6.66 Å². The van der Waals surface area contributed by atoms with E-state index in [0.717, 1.165) is 7.11 Å². The van der Waals surface area contributed by atoms with Crippen LogP contribution in [-0.4, -0.2) is 26.0 Å². The van der Waals surface area contributed by atoms with Crippen LogP contribution in [0, 0.1) is 0 Å². The molecule has 0 rings (SSSR count). The third-order valence-corrected chi connectivity index (χ3v) is 0.771. The fourth-order valence-electron chi connectivity index (χ4n) is 0. The highest BCUT2D eigenvalue weighted by Gasteiger charge is 1.96. The summed E-state index contributed by atoms with van der Waals surface area (Å²) in [5, 5.41) is 7.00. The van der Waals surface area contributed by atoms with Crippen LogP contribution in [0.4, 0.5) is 0 Å². The normalized spacial score (nSPS) is 8.86. The molecule has 0 aromatic heterocycles. The number of aliphatic hydroxyl groups is 1. The molecular formula is C3H10O3P+. The quantitative estimate of drug-likeness (QED) is 0.522. The van der Waals surface area contributed by atoms with Crippen molar-refractivity contribution in [2.75, 3.05) is 20.9 Å². The van der Waals surface area contributed by atoms with Crippen LogP contribution in [0.1, 0.15) is 0 Å². The van der Waals surface area contributed by atoms with Crippen LogP contribution >= 0.6 is 8.03 Å². The molecule has 7 heavy (non-hydrogen) atoms. The van der Waals surface area contributed by atoms with Gasteiger partial charge in [0.2, 0.25) is 0 Å². The molecule has 1 unspecified atom stereocenters. The average molecular weight is 125 g/mol. The highest BCUT2D eigenvalue weighted by atomic mass is 31.1. The maximum absolute atomic E-state index is 9.74. The zero-order valence-electron chi connectivity index (χ0n) is 4.71. The topological polar surface area (TPSA) is 46.5 Å². The van der Waals surface area contributed by atoms with Gasteiger partial charge in [0.25, 0.3) is 0 Å². The maximum Gasteiger partial charge on any atom is 0.504 e. The van der Waals surface area contributed by atoms with Crippen molar-refractivity contribution in [1.82, 2.24) is 0 Å². The summed E-state index contributed by atoms with van der Waals surface area (Å²) in [4.78, 5) is 0. The van der Waals surface area contributed by atoms with Gasteiger partial charge in [0.1, 0.15) is 0 Å². The van der Waals surface area contributed by atoms with Gasteiger partial charge in [-0.05, 0) is 4.57 Å². The van der Waals surface area contributed by atoms with E-state index < -0.39 is 8.03 Å². The SMILES string of the molecule is CO.CO[P+](C)=O. The monoisotopic (exact) mass is 125 g/mol. The third kappa shape index (κ3) is 23.8. The molecule has 3 nitrogen and oxygen atoms in total. The molecule has 0 aliphatic heterocycles. The molecule has 0 aliphatic carbocycles. The van der Waals surface area contributed by atoms with Crippen LogP contribution in [0.5, 0.6) is 0 Å². The third-order valence-electron chi connectivity index (χ3n) is 0.257. The maximum atomic E-state index is 9.74. The summed E-state index contributed by atoms with van der Waals surface area (Å²) in [5.41, 5.74) is 0. The molecule has 0 heterocycles. The molecule has 0 bridgehead atoms. The summed E-state index contributed by atoms with van der Waals surface area (Å²) in [6.45, 7) is 1.51. The first kappa shape index (κ1) is 10.1. The molecule has 1 N–H and O–H groups in total. The first-order valence-corrected chi connectivity index (χ1v) is 3.29. The van der Waals surface area contributed by atoms with Crippen molar-refractivity contribution in [3.05, 3.63) is 0 Å². The summed E-state index contributed by atoms with van der Waals surface area (Å²) < 4.78 is 14.0. The first-order chi connectivity index (χ1) is 3.27. The number of aliphatic hydroxyl groups excluding tert-OH is 1. The van der Waals surface area contributed by atoms with Gasteiger partial charge >= 0.3 is 8.03 Å². The van der Waals surface area contributed by atoms with Crippen molar-refractivity contribution in [2.24, 2.45) is 0 Å². The summed E-state index contributed by atoms with van der Waals surface area (Å²) in [6, 6.07) is 0. The highest BCUT2D eigenvalue weighted by molar-refractivity contribution is 7.38. The Morgan fingerprint density at radius 1 is 1.57 bits per heavy atom. The second-order valence-electron chi connectivity index (χ2n) is 0.622. The molecule has 0 aromatic rings. The van der Waals surface area contributed by atoms with Gasteiger partial charge in [-0.15, -0.1) is 4.52 Å². The molecule has 4 heteroatoms. The minimum Gasteiger partial charge on any atom is -0.400 e. The van der Waals surface area contributed by atoms with E-state index in [2.05, 4.69) is 4.52 Å². The van der Waals surface area contributed by atoms with Gasteiger partial charge in [-0.1, -0.05) is 0 Å². The molecule has 0 aromatic carbocycles. The number of hydrogen-bond acceptors (Lipinski definition) is 3. The molecule has 0 amide bonds. The molecule has 0 fully saturated rings. The number of rotatable bonds is 1. The van der Waals surface area contributed by atoms with E-state index in [1.54, 1.807) is 0 Å². The molecule has 0 aliphatic rings. The van der Waals surface area contributed by atoms with Gasteiger partial charge in [-0.3, -0.25) is 0 Å². The Hall–Kier alpha value is 0.0200. The van der Waals surface area contributed by atoms with E-state index in [0.29, 0.717) is 0 Å². The predicted octanol–water partition coefficient (Wildman–Crippen LogP) is 0.613. The van der Waals surface area contributed by atoms with Crippen molar-refractivity contribution < 1.29 is 14.2 Å². The van der Waals surface area contributed by atoms with E-state index in [-0.39, 0.29) is 0 Å². The van der Waals surface area contributed by atoms with Crippen LogP contribution < -0.4 is 0 Å². The fourth-order valence-corrected chi connectivity index (χ4v) is 0. The molecule has 0 radical (unpaired) electrons. The van der Waals surface area contributed by atoms with Crippen LogP contribution in [0.3, 0.4) is 0 Å². The standard InChI is InChI=1S/C2H6O2P.CH4O/c1-4-5(2)3;1-2/h1-2H3;2H,1H3/q+1;. The largest absolute Gasteiger partial charge is 0.504 e. The smallest absolute Gasteiger partial charge is 0.400 e. The lowest BCUT2D eigenvalue weighted by molar-refractivity contribution is 0.399. The zero-order chi connectivity index (χ0) is 6.28. The van der Waals surface area contributed by atoms with Crippen molar-refractivity contribution in [3.8, 4) is 0 Å². The Kier molecular flexibility index (Phi) is 13.5. The molecule has 0 spiro atoms. The lowest BCUT2D eigenvalue weighted by Gasteiger charge is -1.58. The van der Waals surface area contributed by atoms with Gasteiger partial charge in [-0.2, -0.15) is 0 Å². The lowest BCUT2D eigenvalue weighted by Crippen LogP contribution is -1.56. The van der Waals surface area contributed by atoms with E-state index >= 15 is 0 Å². The van der Waals surface area contributed by atoms with Gasteiger partial charge in [-0.25, -0.2) is 0 Å². The summed E-state index contributed by atoms with van der Waals surface area (Å²) in [5.74, 6) is 0. The van der Waals surface area contributed by atoms with Crippen LogP contribution in [-0.2, 0) is 9.09 Å². The van der Waals surface area contributed by atoms with E-state index in [1.165, 1.54) is 13.8 Å². The minimum absolute atomic E-state index is 1.00. The summed E-state index contributed by atoms with van der Waals surface area (Å²) >= 11 is 0. The van der Waals surface area contributed by atoms with Gasteiger partial charge < -0.3 is 5.11 Å². The molecule has 0 saturated heterocycles. The van der Waals surface area contributed by atoms with Crippen LogP contribution in [0.15, 0.2) is 0 Å². The van der Waals surface area contributed by atoms with Crippen LogP contribution in [0.2, 0.25) is 0 Å². The van der Waals surface area contributed by atoms with Crippen molar-refractivity contribution in [2.45, 2.75) is 0 Å². The van der Waals surface area contributed by atoms with Crippen molar-refractivity contribution >= 4 is 8.03 Å². The molecule has 0 saturated carbocycles. The van der Waals surface area contributed by atoms with E-state index in [4.69, 9.17) is 5.11 Å². The first-order valence-electron chi connectivity index (χ1n) is 1.67. The predicted molar refractivity (Wildman–Crippen MR) is 28.7 cm³/mol. The second-order valence-corrected chi connectivity index (χ2v) is 1.87. The number of hydrogen-bond donors (Lipinski definition) is 1. The van der Waals surface area contributed by atoms with Crippen molar-refractivity contribution in [3.63, 3.8) is 0 Å². The Labute approximate surface area is 44.2 Å². The fraction of sp³-hybridized carbons (Fsp3) is 1.00. The lowest BCUT2D eigenvalue weighted by atomic mass is 11.8. The zero-order valence-corrected chi connectivity index (χ0v) is 5.61. The van der Waals surface area contributed by atoms with E-state index in [9.17, 15) is 4.57 Å². The average Bonchev–Trinajstić information content (AvgIpc) is 1.73.